The average Bonchev–Trinajstić information content (AvgIpc) is 2.80. The van der Waals surface area contributed by atoms with Crippen molar-refractivity contribution in [1.82, 2.24) is 4.57 Å². The number of nitrogens with zero attached hydrogens (tertiary/aromatic N) is 4. The number of aromatic nitrogens is 1. The Hall–Kier alpha value is -4.16. The highest BCUT2D eigenvalue weighted by molar-refractivity contribution is 6.17. The summed E-state index contributed by atoms with van der Waals surface area (Å²) < 4.78 is 0.849. The van der Waals surface area contributed by atoms with Crippen molar-refractivity contribution >= 4 is 17.3 Å². The number of nitriles is 1. The van der Waals surface area contributed by atoms with Crippen molar-refractivity contribution in [3.05, 3.63) is 80.8 Å². The number of ketones is 2. The predicted octanol–water partition coefficient (Wildman–Crippen LogP) is 2.58. The molecule has 2 aliphatic rings. The van der Waals surface area contributed by atoms with Gasteiger partial charge < -0.3 is 10.2 Å². The minimum Gasteiger partial charge on any atom is -0.493 e. The first-order valence-corrected chi connectivity index (χ1v) is 9.85. The van der Waals surface area contributed by atoms with Crippen LogP contribution in [-0.4, -0.2) is 33.0 Å². The van der Waals surface area contributed by atoms with Crippen LogP contribution in [0.3, 0.4) is 0 Å². The van der Waals surface area contributed by atoms with E-state index in [2.05, 4.69) is 10.2 Å². The van der Waals surface area contributed by atoms with Crippen LogP contribution in [0.1, 0.15) is 31.8 Å². The first kappa shape index (κ1) is 21.1. The fraction of sp³-hybridized carbons (Fsp3) is 0.217. The highest BCUT2D eigenvalue weighted by atomic mass is 16.3. The number of aliphatic hydroxyl groups is 1. The quantitative estimate of drug-likeness (QED) is 0.713. The largest absolute Gasteiger partial charge is 0.493 e. The number of allylic oxidation sites excluding steroid dienone is 3. The molecule has 2 N–H and O–H groups in total. The van der Waals surface area contributed by atoms with Gasteiger partial charge in [0.15, 0.2) is 17.3 Å². The standard InChI is InChI=1S/C23H18N4O5/c1-12-18(11-24)22(31)27(8-9-28)23(32)19(12)26-25-13-6-7-16-17(10-13)21(30)15-5-3-2-4-14(15)20(16)29/h2-7,10,16-17,28,31H,8-9H2,1H3. The monoisotopic (exact) mass is 430 g/mol. The minimum atomic E-state index is -0.724. The van der Waals surface area contributed by atoms with Gasteiger partial charge in [0.1, 0.15) is 11.6 Å². The smallest absolute Gasteiger partial charge is 0.281 e. The third kappa shape index (κ3) is 3.27. The van der Waals surface area contributed by atoms with Crippen molar-refractivity contribution in [1.29, 1.82) is 5.26 Å². The molecule has 2 atom stereocenters. The van der Waals surface area contributed by atoms with Gasteiger partial charge in [-0.1, -0.05) is 30.3 Å². The Labute approximate surface area is 182 Å². The molecule has 1 aromatic carbocycles. The van der Waals surface area contributed by atoms with Gasteiger partial charge in [-0.05, 0) is 19.1 Å². The van der Waals surface area contributed by atoms with E-state index in [-0.39, 0.29) is 40.6 Å². The highest BCUT2D eigenvalue weighted by Crippen LogP contribution is 2.36. The molecule has 9 heteroatoms. The number of rotatable bonds is 4. The molecule has 2 unspecified atom stereocenters. The highest BCUT2D eigenvalue weighted by Gasteiger charge is 2.40. The Morgan fingerprint density at radius 2 is 1.75 bits per heavy atom. The zero-order valence-electron chi connectivity index (χ0n) is 17.0. The number of Topliss-reactive ketones (excluding diaryl/α,β-unsaturated/α-hetero) is 2. The van der Waals surface area contributed by atoms with Crippen LogP contribution in [0, 0.1) is 30.1 Å². The van der Waals surface area contributed by atoms with E-state index >= 15 is 0 Å². The molecule has 160 valence electrons. The van der Waals surface area contributed by atoms with Gasteiger partial charge in [0, 0.05) is 16.7 Å². The van der Waals surface area contributed by atoms with E-state index in [1.165, 1.54) is 13.0 Å². The summed E-state index contributed by atoms with van der Waals surface area (Å²) in [5, 5.41) is 36.7. The number of benzene rings is 1. The Balaban J connectivity index is 1.73. The molecule has 2 aromatic rings. The predicted molar refractivity (Wildman–Crippen MR) is 113 cm³/mol. The van der Waals surface area contributed by atoms with Crippen molar-refractivity contribution in [2.45, 2.75) is 13.5 Å². The maximum absolute atomic E-state index is 12.9. The molecule has 1 heterocycles. The summed E-state index contributed by atoms with van der Waals surface area (Å²) in [5.74, 6) is -2.24. The van der Waals surface area contributed by atoms with E-state index in [1.807, 2.05) is 6.07 Å². The number of hydrogen-bond donors (Lipinski definition) is 2. The topological polar surface area (TPSA) is 145 Å². The molecule has 0 amide bonds. The van der Waals surface area contributed by atoms with E-state index in [0.29, 0.717) is 11.1 Å². The fourth-order valence-electron chi connectivity index (χ4n) is 3.97. The molecule has 0 aliphatic heterocycles. The Bertz CT molecular complexity index is 1340. The third-order valence-corrected chi connectivity index (χ3v) is 5.63. The van der Waals surface area contributed by atoms with Gasteiger partial charge in [-0.15, -0.1) is 5.11 Å². The maximum Gasteiger partial charge on any atom is 0.281 e. The molecule has 9 nitrogen and oxygen atoms in total. The molecule has 0 saturated heterocycles. The summed E-state index contributed by atoms with van der Waals surface area (Å²) in [7, 11) is 0. The van der Waals surface area contributed by atoms with E-state index in [0.717, 1.165) is 4.57 Å². The van der Waals surface area contributed by atoms with Crippen molar-refractivity contribution < 1.29 is 19.8 Å². The summed E-state index contributed by atoms with van der Waals surface area (Å²) in [4.78, 5) is 38.4. The van der Waals surface area contributed by atoms with Crippen LogP contribution in [0.5, 0.6) is 5.88 Å². The summed E-state index contributed by atoms with van der Waals surface area (Å²) in [6.07, 6.45) is 4.69. The number of carbonyl (C=O) groups excluding carboxylic acids is 2. The molecule has 1 aromatic heterocycles. The van der Waals surface area contributed by atoms with Gasteiger partial charge in [-0.25, -0.2) is 0 Å². The average molecular weight is 430 g/mol. The second-order valence-corrected chi connectivity index (χ2v) is 7.44. The van der Waals surface area contributed by atoms with Crippen molar-refractivity contribution in [2.75, 3.05) is 6.61 Å². The molecular formula is C23H18N4O5. The molecular weight excluding hydrogens is 412 g/mol. The lowest BCUT2D eigenvalue weighted by Crippen LogP contribution is -2.35. The number of hydrogen-bond acceptors (Lipinski definition) is 8. The third-order valence-electron chi connectivity index (χ3n) is 5.63. The maximum atomic E-state index is 12.9. The van der Waals surface area contributed by atoms with Crippen molar-refractivity contribution in [2.24, 2.45) is 22.1 Å². The van der Waals surface area contributed by atoms with Gasteiger partial charge >= 0.3 is 0 Å². The number of pyridine rings is 1. The molecule has 0 saturated carbocycles. The summed E-state index contributed by atoms with van der Waals surface area (Å²) in [5.41, 5.74) is 0.157. The minimum absolute atomic E-state index is 0.143. The van der Waals surface area contributed by atoms with E-state index < -0.39 is 29.9 Å². The van der Waals surface area contributed by atoms with Crippen molar-refractivity contribution in [3.8, 4) is 11.9 Å². The number of azo groups is 1. The lowest BCUT2D eigenvalue weighted by molar-refractivity contribution is 0.0801. The second-order valence-electron chi connectivity index (χ2n) is 7.44. The molecule has 32 heavy (non-hydrogen) atoms. The zero-order valence-corrected chi connectivity index (χ0v) is 17.0. The molecule has 2 aliphatic carbocycles. The SMILES string of the molecule is Cc1c(C#N)c(O)n(CCO)c(=O)c1N=NC1=CC2C(=O)c3ccccc3C(=O)C2C=C1. The van der Waals surface area contributed by atoms with Gasteiger partial charge in [-0.2, -0.15) is 10.4 Å². The number of fused-ring (bicyclic) bond motifs is 2. The number of aliphatic hydroxyl groups excluding tert-OH is 1. The van der Waals surface area contributed by atoms with Crippen LogP contribution in [0.15, 0.2) is 63.2 Å². The number of carbonyl (C=O) groups is 2. The van der Waals surface area contributed by atoms with Crippen LogP contribution in [-0.2, 0) is 6.54 Å². The number of aromatic hydroxyl groups is 1. The van der Waals surface area contributed by atoms with Gasteiger partial charge in [0.2, 0.25) is 5.88 Å². The van der Waals surface area contributed by atoms with Crippen molar-refractivity contribution in [3.63, 3.8) is 0 Å². The Kier molecular flexibility index (Phi) is 5.38. The molecule has 0 fully saturated rings. The van der Waals surface area contributed by atoms with E-state index in [9.17, 15) is 24.8 Å². The normalized spacial score (nSPS) is 19.5. The van der Waals surface area contributed by atoms with Crippen LogP contribution in [0.2, 0.25) is 0 Å². The first-order chi connectivity index (χ1) is 15.4. The summed E-state index contributed by atoms with van der Waals surface area (Å²) in [6.45, 7) is 0.815. The molecule has 0 radical (unpaired) electrons. The second kappa shape index (κ2) is 8.17. The van der Waals surface area contributed by atoms with Crippen LogP contribution < -0.4 is 5.56 Å². The summed E-state index contributed by atoms with van der Waals surface area (Å²) >= 11 is 0. The zero-order chi connectivity index (χ0) is 23.0. The first-order valence-electron chi connectivity index (χ1n) is 9.85. The summed E-state index contributed by atoms with van der Waals surface area (Å²) in [6, 6.07) is 8.49. The van der Waals surface area contributed by atoms with Gasteiger partial charge in [0.25, 0.3) is 5.56 Å². The van der Waals surface area contributed by atoms with Gasteiger partial charge in [0.05, 0.1) is 30.7 Å². The lowest BCUT2D eigenvalue weighted by Gasteiger charge is -2.28. The molecule has 4 rings (SSSR count). The van der Waals surface area contributed by atoms with Gasteiger partial charge in [-0.3, -0.25) is 19.0 Å². The van der Waals surface area contributed by atoms with E-state index in [4.69, 9.17) is 5.11 Å². The van der Waals surface area contributed by atoms with Crippen LogP contribution >= 0.6 is 0 Å². The Morgan fingerprint density at radius 3 is 2.38 bits per heavy atom. The van der Waals surface area contributed by atoms with Crippen LogP contribution in [0.4, 0.5) is 5.69 Å². The Morgan fingerprint density at radius 1 is 1.09 bits per heavy atom. The van der Waals surface area contributed by atoms with E-state index in [1.54, 1.807) is 36.4 Å². The van der Waals surface area contributed by atoms with Crippen LogP contribution in [0.25, 0.3) is 0 Å². The lowest BCUT2D eigenvalue weighted by atomic mass is 9.72. The fourth-order valence-corrected chi connectivity index (χ4v) is 3.97. The molecule has 0 bridgehead atoms. The molecule has 0 spiro atoms.